The van der Waals surface area contributed by atoms with Gasteiger partial charge in [-0.3, -0.25) is 17.6 Å². The molecule has 6 heteroatoms. The molecule has 0 spiro atoms. The van der Waals surface area contributed by atoms with E-state index in [1.54, 1.807) is 0 Å². The van der Waals surface area contributed by atoms with Crippen molar-refractivity contribution in [3.8, 4) is 0 Å². The van der Waals surface area contributed by atoms with Crippen molar-refractivity contribution in [2.75, 3.05) is 0 Å². The summed E-state index contributed by atoms with van der Waals surface area (Å²) in [6.07, 6.45) is 0. The smallest absolute Gasteiger partial charge is 0.0650 e. The highest BCUT2D eigenvalue weighted by atomic mass is 28.5. The van der Waals surface area contributed by atoms with Crippen molar-refractivity contribution in [2.24, 2.45) is 0 Å². The monoisotopic (exact) mass is 356 g/mol. The maximum Gasteiger partial charge on any atom is -0.0650 e. The zero-order valence-corrected chi connectivity index (χ0v) is 17.4. The summed E-state index contributed by atoms with van der Waals surface area (Å²) in [6.45, 7) is 9.31. The van der Waals surface area contributed by atoms with E-state index in [4.69, 9.17) is 8.23 Å². The molecule has 1 fully saturated rings. The highest BCUT2D eigenvalue weighted by Crippen LogP contribution is 2.09. The van der Waals surface area contributed by atoms with E-state index in [0.717, 1.165) is 0 Å². The van der Waals surface area contributed by atoms with Crippen molar-refractivity contribution in [3.63, 3.8) is 0 Å². The molecule has 0 saturated carbocycles. The van der Waals surface area contributed by atoms with Gasteiger partial charge in [0.05, 0.1) is 0 Å². The Morgan fingerprint density at radius 3 is 1.36 bits per heavy atom. The second-order valence-electron chi connectivity index (χ2n) is 5.87. The molecule has 0 bridgehead atoms. The first-order valence-corrected chi connectivity index (χ1v) is 15.1. The fraction of sp³-hybridized carbons (Fsp3) is 0.250. The van der Waals surface area contributed by atoms with E-state index >= 15 is 0 Å². The van der Waals surface area contributed by atoms with Gasteiger partial charge in [-0.15, -0.1) is 0 Å². The second kappa shape index (κ2) is 6.77. The summed E-state index contributed by atoms with van der Waals surface area (Å²) < 4.78 is 12.6. The van der Waals surface area contributed by atoms with Crippen LogP contribution in [0.2, 0.25) is 26.2 Å². The summed E-state index contributed by atoms with van der Waals surface area (Å²) in [5, 5.41) is 5.59. The molecular weight excluding hydrogens is 337 g/mol. The lowest BCUT2D eigenvalue weighted by Crippen LogP contribution is -2.67. The Balaban J connectivity index is 1.78. The van der Waals surface area contributed by atoms with E-state index in [1.165, 1.54) is 20.7 Å². The summed E-state index contributed by atoms with van der Waals surface area (Å²) in [7, 11) is -3.48. The van der Waals surface area contributed by atoms with E-state index < -0.39 is 36.2 Å². The zero-order valence-electron chi connectivity index (χ0n) is 13.4. The highest BCUT2D eigenvalue weighted by Gasteiger charge is 2.10. The third-order valence-electron chi connectivity index (χ3n) is 3.74. The number of rotatable bonds is 4. The number of hydrogen-bond acceptors (Lipinski definition) is 2. The zero-order chi connectivity index (χ0) is 15.7. The van der Waals surface area contributed by atoms with Gasteiger partial charge in [0.25, 0.3) is 0 Å². The first-order chi connectivity index (χ1) is 10.6. The molecule has 0 aromatic heterocycles. The molecule has 0 amide bonds. The largest absolute Gasteiger partial charge is 0.722 e. The third kappa shape index (κ3) is 3.12. The van der Waals surface area contributed by atoms with Crippen molar-refractivity contribution in [1.82, 2.24) is 0 Å². The predicted octanol–water partition coefficient (Wildman–Crippen LogP) is 0.747. The van der Waals surface area contributed by atoms with Crippen LogP contribution in [0.5, 0.6) is 0 Å². The minimum Gasteiger partial charge on any atom is -0.722 e. The van der Waals surface area contributed by atoms with Crippen molar-refractivity contribution in [1.29, 1.82) is 0 Å². The Kier molecular flexibility index (Phi) is 4.96. The van der Waals surface area contributed by atoms with E-state index in [9.17, 15) is 0 Å². The van der Waals surface area contributed by atoms with Gasteiger partial charge in [-0.2, -0.15) is 36.6 Å². The molecule has 3 rings (SSSR count). The molecule has 0 atom stereocenters. The summed E-state index contributed by atoms with van der Waals surface area (Å²) in [5.74, 6) is 0. The number of hydrogen-bond donors (Lipinski definition) is 0. The van der Waals surface area contributed by atoms with Crippen LogP contribution >= 0.6 is 0 Å². The van der Waals surface area contributed by atoms with E-state index in [0.29, 0.717) is 0 Å². The molecule has 22 heavy (non-hydrogen) atoms. The Bertz CT molecular complexity index is 599. The SMILES string of the molecule is C[Si-](C)c1ccccc1[Si-]1O[Si-](c2ccccc2[Si-](C)C)O1. The van der Waals surface area contributed by atoms with E-state index in [-0.39, 0.29) is 0 Å². The molecule has 2 aromatic rings. The van der Waals surface area contributed by atoms with Crippen LogP contribution in [0.15, 0.2) is 48.5 Å². The molecule has 0 aliphatic carbocycles. The van der Waals surface area contributed by atoms with Gasteiger partial charge in [0.15, 0.2) is 0 Å². The molecule has 1 heterocycles. The Hall–Kier alpha value is -0.772. The molecule has 2 nitrogen and oxygen atoms in total. The second-order valence-corrected chi connectivity index (χ2v) is 14.8. The van der Waals surface area contributed by atoms with Gasteiger partial charge in [0, 0.05) is 0 Å². The van der Waals surface area contributed by atoms with Gasteiger partial charge in [-0.05, 0) is 0 Å². The lowest BCUT2D eigenvalue weighted by molar-refractivity contribution is 0.308. The van der Waals surface area contributed by atoms with Crippen molar-refractivity contribution in [2.45, 2.75) is 26.2 Å². The van der Waals surface area contributed by atoms with Crippen LogP contribution in [-0.2, 0) is 8.23 Å². The average molecular weight is 357 g/mol. The molecule has 1 saturated heterocycles. The quantitative estimate of drug-likeness (QED) is 0.753. The molecule has 2 aromatic carbocycles. The van der Waals surface area contributed by atoms with Crippen LogP contribution in [0.4, 0.5) is 0 Å². The van der Waals surface area contributed by atoms with Crippen molar-refractivity contribution >= 4 is 56.9 Å². The minimum atomic E-state index is -1.26. The Morgan fingerprint density at radius 2 is 1.00 bits per heavy atom. The number of benzene rings is 2. The van der Waals surface area contributed by atoms with Gasteiger partial charge >= 0.3 is 0 Å². The van der Waals surface area contributed by atoms with Crippen LogP contribution in [0.1, 0.15) is 0 Å². The Labute approximate surface area is 140 Å². The normalized spacial score (nSPS) is 13.8. The van der Waals surface area contributed by atoms with Crippen LogP contribution in [0, 0.1) is 0 Å². The van der Waals surface area contributed by atoms with Crippen molar-refractivity contribution in [3.05, 3.63) is 48.5 Å². The lowest BCUT2D eigenvalue weighted by atomic mass is 10.4. The minimum absolute atomic E-state index is 0.483. The van der Waals surface area contributed by atoms with Crippen molar-refractivity contribution < 1.29 is 8.23 Å². The van der Waals surface area contributed by atoms with Crippen LogP contribution in [0.25, 0.3) is 0 Å². The maximum absolute atomic E-state index is 6.31. The molecule has 0 N–H and O–H groups in total. The van der Waals surface area contributed by atoms with Gasteiger partial charge in [-0.25, -0.2) is 10.4 Å². The first-order valence-electron chi connectivity index (χ1n) is 7.47. The van der Waals surface area contributed by atoms with Gasteiger partial charge in [0.2, 0.25) is 0 Å². The van der Waals surface area contributed by atoms with Gasteiger partial charge < -0.3 is 8.23 Å². The van der Waals surface area contributed by atoms with Crippen LogP contribution in [-0.4, -0.2) is 36.2 Å². The van der Waals surface area contributed by atoms with Crippen LogP contribution < -0.4 is 20.7 Å². The highest BCUT2D eigenvalue weighted by molar-refractivity contribution is 6.92. The molecule has 1 aliphatic heterocycles. The lowest BCUT2D eigenvalue weighted by Gasteiger charge is -2.68. The topological polar surface area (TPSA) is 18.5 Å². The molecule has 0 radical (unpaired) electrons. The summed E-state index contributed by atoms with van der Waals surface area (Å²) in [4.78, 5) is 0. The maximum atomic E-state index is 6.31. The van der Waals surface area contributed by atoms with Gasteiger partial charge in [-0.1, -0.05) is 67.1 Å². The Morgan fingerprint density at radius 1 is 0.636 bits per heavy atom. The molecular formula is C16H20O2Si4-4. The summed E-state index contributed by atoms with van der Waals surface area (Å²) >= 11 is 0. The van der Waals surface area contributed by atoms with E-state index in [1.807, 2.05) is 0 Å². The summed E-state index contributed by atoms with van der Waals surface area (Å²) in [5.41, 5.74) is 0. The fourth-order valence-electron chi connectivity index (χ4n) is 2.59. The van der Waals surface area contributed by atoms with Crippen LogP contribution in [0.3, 0.4) is 0 Å². The van der Waals surface area contributed by atoms with Gasteiger partial charge in [0.1, 0.15) is 0 Å². The predicted molar refractivity (Wildman–Crippen MR) is 100 cm³/mol. The molecule has 0 unspecified atom stereocenters. The fourth-order valence-corrected chi connectivity index (χ4v) is 11.0. The summed E-state index contributed by atoms with van der Waals surface area (Å²) in [6, 6.07) is 17.3. The standard InChI is InChI=1S/C16H20O2Si4/c1-19(2)13-9-5-7-11-15(13)21-17-22(18-21)16-12-8-6-10-14(16)20(3)4/h5-12H,1-4H3/q-4. The average Bonchev–Trinajstić information content (AvgIpc) is 2.46. The van der Waals surface area contributed by atoms with E-state index in [2.05, 4.69) is 74.7 Å². The third-order valence-corrected chi connectivity index (χ3v) is 12.0. The first kappa shape index (κ1) is 16.1. The molecule has 116 valence electrons. The molecule has 1 aliphatic rings.